The molecule has 1 rings (SSSR count). The van der Waals surface area contributed by atoms with E-state index >= 15 is 0 Å². The number of hydrogen-bond donors (Lipinski definition) is 2. The molecule has 1 aromatic rings. The molecule has 0 unspecified atom stereocenters. The van der Waals surface area contributed by atoms with Crippen LogP contribution in [0.15, 0.2) is 24.8 Å². The Morgan fingerprint density at radius 1 is 1.21 bits per heavy atom. The summed E-state index contributed by atoms with van der Waals surface area (Å²) in [6.07, 6.45) is 15.1. The van der Waals surface area contributed by atoms with E-state index in [1.807, 2.05) is 16.8 Å². The highest BCUT2D eigenvalue weighted by Crippen LogP contribution is 2.19. The Hall–Kier alpha value is -2.18. The Labute approximate surface area is 169 Å². The van der Waals surface area contributed by atoms with Gasteiger partial charge in [0.05, 0.1) is 11.4 Å². The van der Waals surface area contributed by atoms with Crippen LogP contribution in [0.25, 0.3) is 12.3 Å². The molecule has 0 bridgehead atoms. The van der Waals surface area contributed by atoms with Crippen LogP contribution in [0.4, 0.5) is 0 Å². The molecule has 0 saturated heterocycles. The molecule has 0 saturated carbocycles. The number of carbonyl (C=O) groups is 1. The Kier molecular flexibility index (Phi) is 11.9. The molecule has 2 N–H and O–H groups in total. The van der Waals surface area contributed by atoms with E-state index in [0.717, 1.165) is 44.0 Å². The molecule has 28 heavy (non-hydrogen) atoms. The Balaban J connectivity index is 3.12. The number of aromatic nitrogens is 2. The summed E-state index contributed by atoms with van der Waals surface area (Å²) in [7, 11) is 0. The van der Waals surface area contributed by atoms with E-state index in [1.165, 1.54) is 37.5 Å². The van der Waals surface area contributed by atoms with Crippen molar-refractivity contribution in [3.63, 3.8) is 0 Å². The van der Waals surface area contributed by atoms with Gasteiger partial charge in [-0.1, -0.05) is 58.8 Å². The number of rotatable bonds is 14. The fraction of sp³-hybridized carbons (Fsp3) is 0.545. The predicted octanol–water partition coefficient (Wildman–Crippen LogP) is 4.41. The first-order valence-electron chi connectivity index (χ1n) is 10.3. The molecule has 1 heterocycles. The van der Waals surface area contributed by atoms with Gasteiger partial charge >= 0.3 is 0 Å². The molecular weight excluding hydrogens is 352 g/mol. The Bertz CT molecular complexity index is 662. The number of aryl methyl sites for hydroxylation is 1. The number of allylic oxidation sites excluding steroid dienone is 2. The number of carbonyl (C=O) groups excluding carboxylic acids is 1. The van der Waals surface area contributed by atoms with Crippen molar-refractivity contribution in [2.75, 3.05) is 13.1 Å². The maximum absolute atomic E-state index is 11.1. The second kappa shape index (κ2) is 13.9. The molecule has 0 aliphatic heterocycles. The van der Waals surface area contributed by atoms with E-state index in [0.29, 0.717) is 0 Å². The van der Waals surface area contributed by atoms with Crippen molar-refractivity contribution in [3.8, 4) is 0 Å². The summed E-state index contributed by atoms with van der Waals surface area (Å²) < 4.78 is 2.05. The molecule has 1 amide bonds. The van der Waals surface area contributed by atoms with Crippen LogP contribution >= 0.6 is 0 Å². The lowest BCUT2D eigenvalue weighted by Gasteiger charge is -2.21. The lowest BCUT2D eigenvalue weighted by atomic mass is 10.1. The van der Waals surface area contributed by atoms with Crippen LogP contribution in [-0.4, -0.2) is 38.7 Å². The molecule has 0 fully saturated rings. The Morgan fingerprint density at radius 2 is 1.96 bits per heavy atom. The quantitative estimate of drug-likeness (QED) is 0.163. The van der Waals surface area contributed by atoms with Gasteiger partial charge in [-0.3, -0.25) is 14.9 Å². The minimum atomic E-state index is -0.563. The SMILES string of the molecule is C=Cn1c(/C=C/C=C/C(=O)NO)nc(CCCCC)c1CN(CC)CCCC. The van der Waals surface area contributed by atoms with Crippen LogP contribution in [0, 0.1) is 0 Å². The van der Waals surface area contributed by atoms with Gasteiger partial charge in [0.15, 0.2) is 0 Å². The fourth-order valence-electron chi connectivity index (χ4n) is 3.03. The lowest BCUT2D eigenvalue weighted by molar-refractivity contribution is -0.124. The summed E-state index contributed by atoms with van der Waals surface area (Å²) in [6, 6.07) is 0. The summed E-state index contributed by atoms with van der Waals surface area (Å²) in [4.78, 5) is 18.4. The molecule has 1 aromatic heterocycles. The van der Waals surface area contributed by atoms with E-state index in [2.05, 4.69) is 32.3 Å². The number of nitrogens with zero attached hydrogens (tertiary/aromatic N) is 3. The van der Waals surface area contributed by atoms with Crippen LogP contribution in [0.2, 0.25) is 0 Å². The van der Waals surface area contributed by atoms with Gasteiger partial charge in [0.1, 0.15) is 5.82 Å². The van der Waals surface area contributed by atoms with E-state index in [9.17, 15) is 4.79 Å². The van der Waals surface area contributed by atoms with Crippen LogP contribution in [0.5, 0.6) is 0 Å². The van der Waals surface area contributed by atoms with Crippen molar-refractivity contribution in [1.29, 1.82) is 0 Å². The molecule has 0 spiro atoms. The highest BCUT2D eigenvalue weighted by Gasteiger charge is 2.16. The molecule has 6 nitrogen and oxygen atoms in total. The maximum Gasteiger partial charge on any atom is 0.267 e. The van der Waals surface area contributed by atoms with Gasteiger partial charge in [-0.15, -0.1) is 0 Å². The zero-order chi connectivity index (χ0) is 20.8. The van der Waals surface area contributed by atoms with Crippen molar-refractivity contribution in [3.05, 3.63) is 42.0 Å². The first-order valence-corrected chi connectivity index (χ1v) is 10.3. The monoisotopic (exact) mass is 388 g/mol. The van der Waals surface area contributed by atoms with Gasteiger partial charge in [0.2, 0.25) is 0 Å². The van der Waals surface area contributed by atoms with Crippen molar-refractivity contribution < 1.29 is 10.0 Å². The van der Waals surface area contributed by atoms with Gasteiger partial charge in [-0.2, -0.15) is 0 Å². The van der Waals surface area contributed by atoms with Gasteiger partial charge in [0.25, 0.3) is 5.91 Å². The number of unbranched alkanes of at least 4 members (excludes halogenated alkanes) is 3. The average molecular weight is 389 g/mol. The van der Waals surface area contributed by atoms with E-state index in [4.69, 9.17) is 10.2 Å². The van der Waals surface area contributed by atoms with Gasteiger partial charge in [0, 0.05) is 18.8 Å². The first-order chi connectivity index (χ1) is 13.6. The van der Waals surface area contributed by atoms with Gasteiger partial charge in [-0.25, -0.2) is 10.5 Å². The number of imidazole rings is 1. The van der Waals surface area contributed by atoms with E-state index < -0.39 is 5.91 Å². The van der Waals surface area contributed by atoms with E-state index in [1.54, 1.807) is 17.6 Å². The summed E-state index contributed by atoms with van der Waals surface area (Å²) in [5, 5.41) is 8.54. The molecule has 0 aliphatic rings. The maximum atomic E-state index is 11.1. The van der Waals surface area contributed by atoms with Gasteiger partial charge < -0.3 is 4.57 Å². The number of amides is 1. The van der Waals surface area contributed by atoms with Crippen molar-refractivity contribution in [2.45, 2.75) is 65.8 Å². The molecule has 0 aromatic carbocycles. The van der Waals surface area contributed by atoms with Gasteiger partial charge in [-0.05, 0) is 38.4 Å². The standard InChI is InChI=1S/C22H36N4O2/c1-5-9-11-14-19-20(18-25(7-3)17-10-6-2)26(8-4)21(23-19)15-12-13-16-22(27)24-28/h8,12-13,15-16,28H,4-7,9-11,14,17-18H2,1-3H3,(H,24,27)/b15-12+,16-13+. The van der Waals surface area contributed by atoms with Crippen molar-refractivity contribution in [1.82, 2.24) is 19.9 Å². The summed E-state index contributed by atoms with van der Waals surface area (Å²) in [5.74, 6) is 0.240. The van der Waals surface area contributed by atoms with Crippen molar-refractivity contribution >= 4 is 18.2 Å². The largest absolute Gasteiger partial charge is 0.303 e. The summed E-state index contributed by atoms with van der Waals surface area (Å²) >= 11 is 0. The second-order valence-corrected chi connectivity index (χ2v) is 6.79. The van der Waals surface area contributed by atoms with Crippen LogP contribution in [-0.2, 0) is 17.8 Å². The number of nitrogens with one attached hydrogen (secondary N) is 1. The lowest BCUT2D eigenvalue weighted by Crippen LogP contribution is -2.25. The number of hydrogen-bond acceptors (Lipinski definition) is 4. The molecule has 0 aliphatic carbocycles. The second-order valence-electron chi connectivity index (χ2n) is 6.79. The minimum Gasteiger partial charge on any atom is -0.303 e. The zero-order valence-electron chi connectivity index (χ0n) is 17.7. The highest BCUT2D eigenvalue weighted by atomic mass is 16.5. The van der Waals surface area contributed by atoms with Crippen LogP contribution < -0.4 is 5.48 Å². The third kappa shape index (κ3) is 7.82. The number of hydroxylamine groups is 1. The summed E-state index contributed by atoms with van der Waals surface area (Å²) in [5.41, 5.74) is 3.89. The van der Waals surface area contributed by atoms with Crippen molar-refractivity contribution in [2.24, 2.45) is 0 Å². The third-order valence-corrected chi connectivity index (χ3v) is 4.68. The minimum absolute atomic E-state index is 0.563. The van der Waals surface area contributed by atoms with Crippen LogP contribution in [0.3, 0.4) is 0 Å². The highest BCUT2D eigenvalue weighted by molar-refractivity contribution is 5.86. The average Bonchev–Trinajstić information content (AvgIpc) is 3.04. The predicted molar refractivity (Wildman–Crippen MR) is 116 cm³/mol. The molecule has 0 atom stereocenters. The normalized spacial score (nSPS) is 11.8. The first kappa shape index (κ1) is 23.9. The topological polar surface area (TPSA) is 70.4 Å². The summed E-state index contributed by atoms with van der Waals surface area (Å²) in [6.45, 7) is 13.5. The van der Waals surface area contributed by atoms with Crippen LogP contribution in [0.1, 0.15) is 70.1 Å². The Morgan fingerprint density at radius 3 is 2.57 bits per heavy atom. The molecule has 6 heteroatoms. The van der Waals surface area contributed by atoms with E-state index in [-0.39, 0.29) is 0 Å². The molecule has 156 valence electrons. The fourth-order valence-corrected chi connectivity index (χ4v) is 3.03. The third-order valence-electron chi connectivity index (χ3n) is 4.68. The smallest absolute Gasteiger partial charge is 0.267 e. The molecule has 0 radical (unpaired) electrons. The molecular formula is C22H36N4O2. The zero-order valence-corrected chi connectivity index (χ0v) is 17.7.